The van der Waals surface area contributed by atoms with Gasteiger partial charge in [0.1, 0.15) is 11.5 Å². The summed E-state index contributed by atoms with van der Waals surface area (Å²) in [5.74, 6) is 0.630. The van der Waals surface area contributed by atoms with Gasteiger partial charge in [-0.15, -0.1) is 0 Å². The van der Waals surface area contributed by atoms with Gasteiger partial charge in [0.05, 0.1) is 13.0 Å². The molecule has 0 spiro atoms. The fraction of sp³-hybridized carbons (Fsp3) is 0.263. The van der Waals surface area contributed by atoms with E-state index in [4.69, 9.17) is 20.6 Å². The standard InChI is InChI=1S/C19H23N3O3/c1-3-14(12-13-4-6-15(7-5-13)22-19(20)21)18(23)25-17-10-8-16(24-2)9-11-17/h4-11,14H,3,12H2,1-2H3,(H4,20,21,22). The second kappa shape index (κ2) is 8.73. The van der Waals surface area contributed by atoms with Crippen molar-refractivity contribution >= 4 is 17.6 Å². The van der Waals surface area contributed by atoms with E-state index in [9.17, 15) is 4.79 Å². The lowest BCUT2D eigenvalue weighted by atomic mass is 9.97. The summed E-state index contributed by atoms with van der Waals surface area (Å²) in [5.41, 5.74) is 7.06. The van der Waals surface area contributed by atoms with Gasteiger partial charge in [-0.3, -0.25) is 10.2 Å². The highest BCUT2D eigenvalue weighted by molar-refractivity contribution is 5.89. The van der Waals surface area contributed by atoms with Gasteiger partial charge in [0.2, 0.25) is 0 Å². The Labute approximate surface area is 147 Å². The Hall–Kier alpha value is -3.02. The smallest absolute Gasteiger partial charge is 0.314 e. The summed E-state index contributed by atoms with van der Waals surface area (Å²) in [5, 5.41) is 9.94. The van der Waals surface area contributed by atoms with E-state index >= 15 is 0 Å². The number of nitrogens with two attached hydrogens (primary N) is 1. The largest absolute Gasteiger partial charge is 0.497 e. The van der Waals surface area contributed by atoms with Crippen LogP contribution in [-0.2, 0) is 11.2 Å². The molecule has 6 nitrogen and oxygen atoms in total. The molecule has 0 saturated heterocycles. The van der Waals surface area contributed by atoms with Crippen LogP contribution in [0.2, 0.25) is 0 Å². The molecule has 0 fully saturated rings. The van der Waals surface area contributed by atoms with Crippen molar-refractivity contribution in [3.8, 4) is 11.5 Å². The lowest BCUT2D eigenvalue weighted by Crippen LogP contribution is -2.22. The summed E-state index contributed by atoms with van der Waals surface area (Å²) in [7, 11) is 1.59. The predicted molar refractivity (Wildman–Crippen MR) is 98.1 cm³/mol. The van der Waals surface area contributed by atoms with Crippen LogP contribution in [0.15, 0.2) is 48.5 Å². The quantitative estimate of drug-likeness (QED) is 0.311. The molecule has 0 radical (unpaired) electrons. The predicted octanol–water partition coefficient (Wildman–Crippen LogP) is 3.17. The number of methoxy groups -OCH3 is 1. The maximum atomic E-state index is 12.4. The van der Waals surface area contributed by atoms with Crippen LogP contribution in [0.25, 0.3) is 0 Å². The van der Waals surface area contributed by atoms with Crippen molar-refractivity contribution in [3.05, 3.63) is 54.1 Å². The molecule has 0 aliphatic rings. The van der Waals surface area contributed by atoms with Crippen molar-refractivity contribution in [1.82, 2.24) is 0 Å². The van der Waals surface area contributed by atoms with Gasteiger partial charge in [0.25, 0.3) is 0 Å². The topological polar surface area (TPSA) is 97.4 Å². The fourth-order valence-electron chi connectivity index (χ4n) is 2.40. The van der Waals surface area contributed by atoms with E-state index in [0.29, 0.717) is 24.3 Å². The fourth-order valence-corrected chi connectivity index (χ4v) is 2.40. The number of benzene rings is 2. The zero-order valence-electron chi connectivity index (χ0n) is 14.4. The van der Waals surface area contributed by atoms with Crippen molar-refractivity contribution in [2.45, 2.75) is 19.8 Å². The van der Waals surface area contributed by atoms with E-state index in [0.717, 1.165) is 11.3 Å². The van der Waals surface area contributed by atoms with Gasteiger partial charge in [-0.2, -0.15) is 0 Å². The third kappa shape index (κ3) is 5.53. The molecule has 4 N–H and O–H groups in total. The maximum absolute atomic E-state index is 12.4. The van der Waals surface area contributed by atoms with Crippen molar-refractivity contribution in [1.29, 1.82) is 5.41 Å². The van der Waals surface area contributed by atoms with Crippen molar-refractivity contribution < 1.29 is 14.3 Å². The molecular formula is C19H23N3O3. The number of nitrogens with one attached hydrogen (secondary N) is 2. The Balaban J connectivity index is 1.98. The van der Waals surface area contributed by atoms with E-state index in [1.54, 1.807) is 31.4 Å². The van der Waals surface area contributed by atoms with Crippen molar-refractivity contribution in [2.75, 3.05) is 12.4 Å². The molecule has 0 bridgehead atoms. The number of hydrogen-bond donors (Lipinski definition) is 3. The molecule has 0 aromatic heterocycles. The number of anilines is 1. The van der Waals surface area contributed by atoms with Gasteiger partial charge in [0, 0.05) is 5.69 Å². The molecule has 1 atom stereocenters. The van der Waals surface area contributed by atoms with Crippen LogP contribution in [0.4, 0.5) is 5.69 Å². The van der Waals surface area contributed by atoms with Crippen LogP contribution in [0, 0.1) is 11.3 Å². The summed E-state index contributed by atoms with van der Waals surface area (Å²) in [4.78, 5) is 12.4. The summed E-state index contributed by atoms with van der Waals surface area (Å²) in [6.45, 7) is 1.96. The molecule has 1 unspecified atom stereocenters. The van der Waals surface area contributed by atoms with E-state index < -0.39 is 0 Å². The second-order valence-electron chi connectivity index (χ2n) is 5.64. The van der Waals surface area contributed by atoms with Crippen LogP contribution in [0.1, 0.15) is 18.9 Å². The first kappa shape index (κ1) is 18.3. The minimum Gasteiger partial charge on any atom is -0.497 e. The van der Waals surface area contributed by atoms with Crippen LogP contribution < -0.4 is 20.5 Å². The van der Waals surface area contributed by atoms with Gasteiger partial charge in [-0.1, -0.05) is 19.1 Å². The monoisotopic (exact) mass is 341 g/mol. The van der Waals surface area contributed by atoms with Crippen molar-refractivity contribution in [3.63, 3.8) is 0 Å². The molecule has 132 valence electrons. The van der Waals surface area contributed by atoms with Crippen LogP contribution in [0.3, 0.4) is 0 Å². The number of carbonyl (C=O) groups excluding carboxylic acids is 1. The SMILES string of the molecule is CCC(Cc1ccc(NC(=N)N)cc1)C(=O)Oc1ccc(OC)cc1. The number of carbonyl (C=O) groups is 1. The molecule has 0 saturated carbocycles. The van der Waals surface area contributed by atoms with Crippen LogP contribution in [-0.4, -0.2) is 19.0 Å². The zero-order chi connectivity index (χ0) is 18.2. The molecular weight excluding hydrogens is 318 g/mol. The molecule has 0 aliphatic heterocycles. The molecule has 0 aliphatic carbocycles. The molecule has 6 heteroatoms. The number of guanidine groups is 1. The Morgan fingerprint density at radius 1 is 1.12 bits per heavy atom. The lowest BCUT2D eigenvalue weighted by Gasteiger charge is -2.15. The number of rotatable bonds is 7. The minimum atomic E-state index is -0.251. The first-order chi connectivity index (χ1) is 12.0. The minimum absolute atomic E-state index is 0.109. The Bertz CT molecular complexity index is 712. The van der Waals surface area contributed by atoms with Crippen molar-refractivity contribution in [2.24, 2.45) is 11.7 Å². The summed E-state index contributed by atoms with van der Waals surface area (Å²) in [6.07, 6.45) is 1.27. The molecule has 2 aromatic rings. The molecule has 2 aromatic carbocycles. The zero-order valence-corrected chi connectivity index (χ0v) is 14.4. The number of hydrogen-bond acceptors (Lipinski definition) is 4. The summed E-state index contributed by atoms with van der Waals surface area (Å²) in [6, 6.07) is 14.4. The lowest BCUT2D eigenvalue weighted by molar-refractivity contribution is -0.139. The maximum Gasteiger partial charge on any atom is 0.314 e. The normalized spacial score (nSPS) is 11.4. The van der Waals surface area contributed by atoms with Gasteiger partial charge in [-0.05, 0) is 54.8 Å². The Morgan fingerprint density at radius 3 is 2.24 bits per heavy atom. The molecule has 2 rings (SSSR count). The van der Waals surface area contributed by atoms with E-state index in [1.807, 2.05) is 31.2 Å². The first-order valence-corrected chi connectivity index (χ1v) is 8.07. The summed E-state index contributed by atoms with van der Waals surface area (Å²) >= 11 is 0. The van der Waals surface area contributed by atoms with E-state index in [-0.39, 0.29) is 17.8 Å². The van der Waals surface area contributed by atoms with Gasteiger partial charge >= 0.3 is 5.97 Å². The van der Waals surface area contributed by atoms with E-state index in [2.05, 4.69) is 5.32 Å². The highest BCUT2D eigenvalue weighted by Gasteiger charge is 2.19. The highest BCUT2D eigenvalue weighted by atomic mass is 16.5. The Morgan fingerprint density at radius 2 is 1.72 bits per heavy atom. The van der Waals surface area contributed by atoms with Gasteiger partial charge in [-0.25, -0.2) is 0 Å². The first-order valence-electron chi connectivity index (χ1n) is 8.07. The molecule has 0 amide bonds. The second-order valence-corrected chi connectivity index (χ2v) is 5.64. The van der Waals surface area contributed by atoms with Gasteiger partial charge < -0.3 is 20.5 Å². The highest BCUT2D eigenvalue weighted by Crippen LogP contribution is 2.21. The number of esters is 1. The van der Waals surface area contributed by atoms with E-state index in [1.165, 1.54) is 0 Å². The molecule has 0 heterocycles. The van der Waals surface area contributed by atoms with Gasteiger partial charge in [0.15, 0.2) is 5.96 Å². The third-order valence-corrected chi connectivity index (χ3v) is 3.82. The molecule has 25 heavy (non-hydrogen) atoms. The van der Waals surface area contributed by atoms with Crippen LogP contribution in [0.5, 0.6) is 11.5 Å². The third-order valence-electron chi connectivity index (χ3n) is 3.82. The Kier molecular flexibility index (Phi) is 6.39. The average molecular weight is 341 g/mol. The number of ether oxygens (including phenoxy) is 2. The summed E-state index contributed by atoms with van der Waals surface area (Å²) < 4.78 is 10.6. The van der Waals surface area contributed by atoms with Crippen LogP contribution >= 0.6 is 0 Å². The average Bonchev–Trinajstić information content (AvgIpc) is 2.61.